The molecule has 116 valence electrons. The SMILES string of the molecule is Fc1ccc(Cc2cc(-c3cn[nH]n3)n[nH]2)cc1.c1cn[nH]c1. The second-order valence-corrected chi connectivity index (χ2v) is 4.70. The van der Waals surface area contributed by atoms with Gasteiger partial charge in [-0.3, -0.25) is 10.2 Å². The quantitative estimate of drug-likeness (QED) is 0.541. The summed E-state index contributed by atoms with van der Waals surface area (Å²) in [5.41, 5.74) is 3.39. The minimum Gasteiger partial charge on any atom is -0.286 e. The number of nitrogens with one attached hydrogen (secondary N) is 3. The summed E-state index contributed by atoms with van der Waals surface area (Å²) in [6.45, 7) is 0. The highest BCUT2D eigenvalue weighted by Crippen LogP contribution is 2.15. The molecule has 0 aliphatic rings. The lowest BCUT2D eigenvalue weighted by atomic mass is 10.1. The van der Waals surface area contributed by atoms with Crippen molar-refractivity contribution < 1.29 is 4.39 Å². The molecule has 0 saturated carbocycles. The zero-order chi connectivity index (χ0) is 15.9. The topological polar surface area (TPSA) is 98.9 Å². The Hall–Kier alpha value is -3.29. The largest absolute Gasteiger partial charge is 0.286 e. The lowest BCUT2D eigenvalue weighted by Gasteiger charge is -1.97. The number of aromatic amines is 3. The monoisotopic (exact) mass is 311 g/mol. The molecule has 7 nitrogen and oxygen atoms in total. The molecule has 3 N–H and O–H groups in total. The van der Waals surface area contributed by atoms with Crippen LogP contribution in [-0.2, 0) is 6.42 Å². The Morgan fingerprint density at radius 2 is 1.87 bits per heavy atom. The number of halogens is 1. The van der Waals surface area contributed by atoms with Gasteiger partial charge in [0.15, 0.2) is 0 Å². The molecule has 1 aromatic carbocycles. The van der Waals surface area contributed by atoms with Crippen LogP contribution in [0.5, 0.6) is 0 Å². The summed E-state index contributed by atoms with van der Waals surface area (Å²) in [6.07, 6.45) is 5.74. The van der Waals surface area contributed by atoms with Crippen LogP contribution in [0.25, 0.3) is 11.4 Å². The lowest BCUT2D eigenvalue weighted by Crippen LogP contribution is -1.88. The minimum absolute atomic E-state index is 0.230. The molecule has 0 amide bonds. The fourth-order valence-electron chi connectivity index (χ4n) is 1.95. The van der Waals surface area contributed by atoms with E-state index in [2.05, 4.69) is 35.8 Å². The lowest BCUT2D eigenvalue weighted by molar-refractivity contribution is 0.627. The van der Waals surface area contributed by atoms with Crippen LogP contribution >= 0.6 is 0 Å². The first-order valence-electron chi connectivity index (χ1n) is 6.90. The predicted molar refractivity (Wildman–Crippen MR) is 81.8 cm³/mol. The van der Waals surface area contributed by atoms with Gasteiger partial charge in [-0.2, -0.15) is 25.6 Å². The van der Waals surface area contributed by atoms with E-state index in [1.807, 2.05) is 12.1 Å². The first-order chi connectivity index (χ1) is 11.3. The Labute approximate surface area is 131 Å². The number of nitrogens with zero attached hydrogens (tertiary/aromatic N) is 4. The van der Waals surface area contributed by atoms with E-state index in [1.54, 1.807) is 30.7 Å². The Bertz CT molecular complexity index is 787. The van der Waals surface area contributed by atoms with Crippen molar-refractivity contribution in [3.63, 3.8) is 0 Å². The Morgan fingerprint density at radius 3 is 2.48 bits per heavy atom. The van der Waals surface area contributed by atoms with Crippen LogP contribution in [0.2, 0.25) is 0 Å². The van der Waals surface area contributed by atoms with Crippen molar-refractivity contribution in [2.24, 2.45) is 0 Å². The summed E-state index contributed by atoms with van der Waals surface area (Å²) >= 11 is 0. The molecule has 8 heteroatoms. The van der Waals surface area contributed by atoms with Gasteiger partial charge in [0.25, 0.3) is 0 Å². The van der Waals surface area contributed by atoms with Crippen molar-refractivity contribution in [3.8, 4) is 11.4 Å². The van der Waals surface area contributed by atoms with Gasteiger partial charge in [-0.25, -0.2) is 4.39 Å². The van der Waals surface area contributed by atoms with Crippen LogP contribution < -0.4 is 0 Å². The molecule has 0 unspecified atom stereocenters. The van der Waals surface area contributed by atoms with Gasteiger partial charge < -0.3 is 0 Å². The van der Waals surface area contributed by atoms with Crippen molar-refractivity contribution in [1.29, 1.82) is 0 Å². The van der Waals surface area contributed by atoms with Gasteiger partial charge >= 0.3 is 0 Å². The molecule has 4 aromatic rings. The number of benzene rings is 1. The summed E-state index contributed by atoms with van der Waals surface area (Å²) in [5.74, 6) is -0.230. The number of rotatable bonds is 3. The third-order valence-corrected chi connectivity index (χ3v) is 3.02. The zero-order valence-electron chi connectivity index (χ0n) is 12.1. The van der Waals surface area contributed by atoms with Crippen molar-refractivity contribution in [2.75, 3.05) is 0 Å². The molecule has 0 fully saturated rings. The molecule has 0 radical (unpaired) electrons. The number of H-pyrrole nitrogens is 3. The molecule has 0 spiro atoms. The maximum Gasteiger partial charge on any atom is 0.133 e. The molecule has 0 aliphatic heterocycles. The van der Waals surface area contributed by atoms with Crippen molar-refractivity contribution >= 4 is 0 Å². The maximum atomic E-state index is 12.8. The molecule has 3 aromatic heterocycles. The third-order valence-electron chi connectivity index (χ3n) is 3.02. The van der Waals surface area contributed by atoms with Crippen LogP contribution in [0.1, 0.15) is 11.3 Å². The maximum absolute atomic E-state index is 12.8. The first kappa shape index (κ1) is 14.6. The van der Waals surface area contributed by atoms with Crippen molar-refractivity contribution in [2.45, 2.75) is 6.42 Å². The summed E-state index contributed by atoms with van der Waals surface area (Å²) in [7, 11) is 0. The Morgan fingerprint density at radius 1 is 1.00 bits per heavy atom. The molecular weight excluding hydrogens is 297 g/mol. The molecule has 0 saturated heterocycles. The zero-order valence-corrected chi connectivity index (χ0v) is 12.1. The van der Waals surface area contributed by atoms with Gasteiger partial charge in [-0.15, -0.1) is 0 Å². The molecule has 0 atom stereocenters. The van der Waals surface area contributed by atoms with E-state index in [0.717, 1.165) is 17.0 Å². The summed E-state index contributed by atoms with van der Waals surface area (Å²) < 4.78 is 12.8. The highest BCUT2D eigenvalue weighted by molar-refractivity contribution is 5.52. The normalized spacial score (nSPS) is 10.1. The second-order valence-electron chi connectivity index (χ2n) is 4.70. The van der Waals surface area contributed by atoms with E-state index in [9.17, 15) is 4.39 Å². The van der Waals surface area contributed by atoms with Gasteiger partial charge in [-0.1, -0.05) is 12.1 Å². The first-order valence-corrected chi connectivity index (χ1v) is 6.90. The van der Waals surface area contributed by atoms with Crippen LogP contribution in [0, 0.1) is 5.82 Å². The van der Waals surface area contributed by atoms with Crippen LogP contribution in [0.15, 0.2) is 55.0 Å². The molecule has 23 heavy (non-hydrogen) atoms. The van der Waals surface area contributed by atoms with Gasteiger partial charge in [0, 0.05) is 24.5 Å². The minimum atomic E-state index is -0.230. The standard InChI is InChI=1S/C12H10FN5.C3H4N2/c13-9-3-1-8(2-4-9)5-10-6-11(16-15-10)12-7-14-18-17-12;1-2-4-5-3-1/h1-4,6-7H,5H2,(H,15,16)(H,14,17,18);1-3H,(H,4,5). The molecular formula is C15H14FN7. The Kier molecular flexibility index (Phi) is 4.53. The molecule has 0 bridgehead atoms. The van der Waals surface area contributed by atoms with Crippen molar-refractivity contribution in [1.82, 2.24) is 35.8 Å². The fraction of sp³-hybridized carbons (Fsp3) is 0.0667. The molecule has 4 rings (SSSR count). The summed E-state index contributed by atoms with van der Waals surface area (Å²) in [4.78, 5) is 0. The number of hydrogen-bond acceptors (Lipinski definition) is 4. The van der Waals surface area contributed by atoms with E-state index in [1.165, 1.54) is 12.1 Å². The van der Waals surface area contributed by atoms with E-state index in [0.29, 0.717) is 12.1 Å². The van der Waals surface area contributed by atoms with Gasteiger partial charge in [-0.05, 0) is 29.8 Å². The predicted octanol–water partition coefficient (Wildman–Crippen LogP) is 2.33. The second kappa shape index (κ2) is 7.12. The van der Waals surface area contributed by atoms with E-state index in [4.69, 9.17) is 0 Å². The average molecular weight is 311 g/mol. The van der Waals surface area contributed by atoms with Gasteiger partial charge in [0.1, 0.15) is 17.2 Å². The van der Waals surface area contributed by atoms with Gasteiger partial charge in [0.05, 0.1) is 6.20 Å². The molecule has 3 heterocycles. The highest BCUT2D eigenvalue weighted by Gasteiger charge is 2.06. The molecule has 0 aliphatic carbocycles. The summed E-state index contributed by atoms with van der Waals surface area (Å²) in [6, 6.07) is 10.1. The summed E-state index contributed by atoms with van der Waals surface area (Å²) in [5, 5.41) is 23.5. The smallest absolute Gasteiger partial charge is 0.133 e. The van der Waals surface area contributed by atoms with E-state index >= 15 is 0 Å². The highest BCUT2D eigenvalue weighted by atomic mass is 19.1. The third kappa shape index (κ3) is 4.10. The van der Waals surface area contributed by atoms with E-state index in [-0.39, 0.29) is 5.82 Å². The van der Waals surface area contributed by atoms with E-state index < -0.39 is 0 Å². The van der Waals surface area contributed by atoms with Crippen LogP contribution in [-0.4, -0.2) is 35.8 Å². The van der Waals surface area contributed by atoms with Crippen LogP contribution in [0.4, 0.5) is 4.39 Å². The number of hydrogen-bond donors (Lipinski definition) is 3. The van der Waals surface area contributed by atoms with Gasteiger partial charge in [0.2, 0.25) is 0 Å². The van der Waals surface area contributed by atoms with Crippen LogP contribution in [0.3, 0.4) is 0 Å². The van der Waals surface area contributed by atoms with Crippen molar-refractivity contribution in [3.05, 3.63) is 72.1 Å². The fourth-order valence-corrected chi connectivity index (χ4v) is 1.95. The Balaban J connectivity index is 0.000000267. The average Bonchev–Trinajstić information content (AvgIpc) is 3.34. The number of aromatic nitrogens is 7.